The van der Waals surface area contributed by atoms with E-state index in [-0.39, 0.29) is 0 Å². The largest absolute Gasteiger partial charge is 0.399 e. The molecule has 4 heteroatoms. The van der Waals surface area contributed by atoms with E-state index >= 15 is 0 Å². The minimum atomic E-state index is 0.303. The van der Waals surface area contributed by atoms with Crippen LogP contribution in [0.4, 0.5) is 11.4 Å². The van der Waals surface area contributed by atoms with Crippen molar-refractivity contribution in [2.75, 3.05) is 30.3 Å². The monoisotopic (exact) mass is 332 g/mol. The van der Waals surface area contributed by atoms with Crippen molar-refractivity contribution in [1.82, 2.24) is 0 Å². The van der Waals surface area contributed by atoms with E-state index in [9.17, 15) is 0 Å². The molecule has 2 rings (SSSR count). The van der Waals surface area contributed by atoms with Gasteiger partial charge >= 0.3 is 0 Å². The van der Waals surface area contributed by atoms with Crippen molar-refractivity contribution < 1.29 is 5.11 Å². The summed E-state index contributed by atoms with van der Waals surface area (Å²) in [5.41, 5.74) is 7.84. The summed E-state index contributed by atoms with van der Waals surface area (Å²) in [5, 5.41) is 8.94. The predicted octanol–water partition coefficient (Wildman–Crippen LogP) is 2.08. The average molecular weight is 332 g/mol. The molecule has 16 heavy (non-hydrogen) atoms. The molecule has 1 aliphatic heterocycles. The second-order valence-electron chi connectivity index (χ2n) is 4.32. The molecular formula is C12H17IN2O. The number of rotatable bonds is 3. The lowest BCUT2D eigenvalue weighted by atomic mass is 10.1. The van der Waals surface area contributed by atoms with Crippen LogP contribution in [0.25, 0.3) is 0 Å². The van der Waals surface area contributed by atoms with Crippen LogP contribution in [-0.2, 0) is 0 Å². The number of hydrogen-bond donors (Lipinski definition) is 2. The molecule has 1 aliphatic rings. The van der Waals surface area contributed by atoms with Crippen molar-refractivity contribution in [1.29, 1.82) is 0 Å². The van der Waals surface area contributed by atoms with Crippen LogP contribution in [0.3, 0.4) is 0 Å². The SMILES string of the molecule is Nc1ccc(N2CCC(CCO)C2)c(I)c1. The third-order valence-electron chi connectivity index (χ3n) is 3.14. The Hall–Kier alpha value is -0.490. The van der Waals surface area contributed by atoms with Gasteiger partial charge in [0.25, 0.3) is 0 Å². The van der Waals surface area contributed by atoms with Gasteiger partial charge in [-0.1, -0.05) is 0 Å². The van der Waals surface area contributed by atoms with Crippen LogP contribution in [0.1, 0.15) is 12.8 Å². The molecule has 1 fully saturated rings. The summed E-state index contributed by atoms with van der Waals surface area (Å²) in [4.78, 5) is 2.39. The Kier molecular flexibility index (Phi) is 3.91. The summed E-state index contributed by atoms with van der Waals surface area (Å²) in [6, 6.07) is 6.06. The van der Waals surface area contributed by atoms with Gasteiger partial charge in [0.15, 0.2) is 0 Å². The van der Waals surface area contributed by atoms with Crippen molar-refractivity contribution in [3.63, 3.8) is 0 Å². The number of benzene rings is 1. The van der Waals surface area contributed by atoms with E-state index < -0.39 is 0 Å². The van der Waals surface area contributed by atoms with E-state index in [1.165, 1.54) is 15.7 Å². The van der Waals surface area contributed by atoms with Crippen LogP contribution in [0.5, 0.6) is 0 Å². The van der Waals surface area contributed by atoms with Crippen LogP contribution in [0.2, 0.25) is 0 Å². The smallest absolute Gasteiger partial charge is 0.0503 e. The molecule has 1 aromatic carbocycles. The van der Waals surface area contributed by atoms with Gasteiger partial charge < -0.3 is 15.7 Å². The van der Waals surface area contributed by atoms with E-state index in [0.717, 1.165) is 25.2 Å². The van der Waals surface area contributed by atoms with Gasteiger partial charge in [-0.3, -0.25) is 0 Å². The molecule has 0 aromatic heterocycles. The summed E-state index contributed by atoms with van der Waals surface area (Å²) in [6.07, 6.45) is 2.10. The number of hydrogen-bond acceptors (Lipinski definition) is 3. The zero-order chi connectivity index (χ0) is 11.5. The zero-order valence-corrected chi connectivity index (χ0v) is 11.4. The second-order valence-corrected chi connectivity index (χ2v) is 5.49. The van der Waals surface area contributed by atoms with E-state index in [1.54, 1.807) is 0 Å². The first-order chi connectivity index (χ1) is 7.70. The summed E-state index contributed by atoms with van der Waals surface area (Å²) >= 11 is 2.33. The van der Waals surface area contributed by atoms with E-state index in [4.69, 9.17) is 10.8 Å². The molecule has 1 aromatic rings. The molecule has 0 aliphatic carbocycles. The first-order valence-electron chi connectivity index (χ1n) is 5.61. The van der Waals surface area contributed by atoms with Gasteiger partial charge in [0.1, 0.15) is 0 Å². The molecule has 1 heterocycles. The summed E-state index contributed by atoms with van der Waals surface area (Å²) in [6.45, 7) is 2.45. The maximum Gasteiger partial charge on any atom is 0.0503 e. The molecule has 0 radical (unpaired) electrons. The van der Waals surface area contributed by atoms with Gasteiger partial charge in [0.05, 0.1) is 5.69 Å². The maximum absolute atomic E-state index is 8.94. The van der Waals surface area contributed by atoms with Crippen LogP contribution >= 0.6 is 22.6 Å². The lowest BCUT2D eigenvalue weighted by Gasteiger charge is -2.20. The number of anilines is 2. The molecule has 1 saturated heterocycles. The Morgan fingerprint density at radius 3 is 3.00 bits per heavy atom. The Labute approximate surface area is 110 Å². The van der Waals surface area contributed by atoms with Crippen LogP contribution in [-0.4, -0.2) is 24.8 Å². The average Bonchev–Trinajstić information content (AvgIpc) is 2.67. The fraction of sp³-hybridized carbons (Fsp3) is 0.500. The minimum absolute atomic E-state index is 0.303. The highest BCUT2D eigenvalue weighted by molar-refractivity contribution is 14.1. The molecule has 0 spiro atoms. The quantitative estimate of drug-likeness (QED) is 0.658. The van der Waals surface area contributed by atoms with E-state index in [0.29, 0.717) is 12.5 Å². The van der Waals surface area contributed by atoms with Crippen molar-refractivity contribution in [3.8, 4) is 0 Å². The maximum atomic E-state index is 8.94. The highest BCUT2D eigenvalue weighted by Gasteiger charge is 2.23. The van der Waals surface area contributed by atoms with Gasteiger partial charge in [0.2, 0.25) is 0 Å². The van der Waals surface area contributed by atoms with Crippen LogP contribution < -0.4 is 10.6 Å². The Bertz CT molecular complexity index is 370. The Balaban J connectivity index is 2.08. The molecule has 0 saturated carbocycles. The number of aliphatic hydroxyl groups excluding tert-OH is 1. The van der Waals surface area contributed by atoms with Crippen molar-refractivity contribution in [2.45, 2.75) is 12.8 Å². The van der Waals surface area contributed by atoms with Gasteiger partial charge in [0, 0.05) is 29.0 Å². The highest BCUT2D eigenvalue weighted by atomic mass is 127. The lowest BCUT2D eigenvalue weighted by molar-refractivity contribution is 0.263. The number of nitrogens with two attached hydrogens (primary N) is 1. The number of aliphatic hydroxyl groups is 1. The molecule has 1 atom stereocenters. The normalized spacial score (nSPS) is 20.4. The molecule has 0 amide bonds. The van der Waals surface area contributed by atoms with Crippen molar-refractivity contribution in [2.24, 2.45) is 5.92 Å². The third-order valence-corrected chi connectivity index (χ3v) is 4.00. The standard InChI is InChI=1S/C12H17IN2O/c13-11-7-10(14)1-2-12(11)15-5-3-9(8-15)4-6-16/h1-2,7,9,16H,3-6,8,14H2. The molecule has 3 N–H and O–H groups in total. The molecule has 0 bridgehead atoms. The minimum Gasteiger partial charge on any atom is -0.399 e. The van der Waals surface area contributed by atoms with E-state index in [2.05, 4.69) is 33.6 Å². The van der Waals surface area contributed by atoms with Crippen LogP contribution in [0, 0.1) is 9.49 Å². The summed E-state index contributed by atoms with van der Waals surface area (Å²) in [5.74, 6) is 0.637. The Morgan fingerprint density at radius 1 is 1.50 bits per heavy atom. The number of nitrogens with zero attached hydrogens (tertiary/aromatic N) is 1. The summed E-state index contributed by atoms with van der Waals surface area (Å²) in [7, 11) is 0. The zero-order valence-electron chi connectivity index (χ0n) is 9.19. The first kappa shape index (κ1) is 12.0. The fourth-order valence-electron chi connectivity index (χ4n) is 2.25. The lowest BCUT2D eigenvalue weighted by Crippen LogP contribution is -2.20. The number of halogens is 1. The van der Waals surface area contributed by atoms with Gasteiger partial charge in [-0.15, -0.1) is 0 Å². The summed E-state index contributed by atoms with van der Waals surface area (Å²) < 4.78 is 1.21. The Morgan fingerprint density at radius 2 is 2.31 bits per heavy atom. The second kappa shape index (κ2) is 5.23. The van der Waals surface area contributed by atoms with Gasteiger partial charge in [-0.2, -0.15) is 0 Å². The van der Waals surface area contributed by atoms with Crippen molar-refractivity contribution >= 4 is 34.0 Å². The van der Waals surface area contributed by atoms with Crippen molar-refractivity contribution in [3.05, 3.63) is 21.8 Å². The molecule has 3 nitrogen and oxygen atoms in total. The fourth-order valence-corrected chi connectivity index (χ4v) is 3.13. The highest BCUT2D eigenvalue weighted by Crippen LogP contribution is 2.30. The molecule has 88 valence electrons. The van der Waals surface area contributed by atoms with Crippen LogP contribution in [0.15, 0.2) is 18.2 Å². The topological polar surface area (TPSA) is 49.5 Å². The van der Waals surface area contributed by atoms with Gasteiger partial charge in [-0.05, 0) is 59.5 Å². The first-order valence-corrected chi connectivity index (χ1v) is 6.69. The predicted molar refractivity (Wildman–Crippen MR) is 75.6 cm³/mol. The van der Waals surface area contributed by atoms with Gasteiger partial charge in [-0.25, -0.2) is 0 Å². The third kappa shape index (κ3) is 2.60. The molecular weight excluding hydrogens is 315 g/mol. The molecule has 1 unspecified atom stereocenters. The number of nitrogen functional groups attached to an aromatic ring is 1. The van der Waals surface area contributed by atoms with E-state index in [1.807, 2.05) is 12.1 Å².